The van der Waals surface area contributed by atoms with Crippen molar-refractivity contribution < 1.29 is 0 Å². The van der Waals surface area contributed by atoms with E-state index in [2.05, 4.69) is 18.9 Å². The normalized spacial score (nSPS) is 15.7. The molecule has 1 rings (SSSR count). The lowest BCUT2D eigenvalue weighted by atomic mass is 9.97. The molecule has 0 aliphatic heterocycles. The Balaban J connectivity index is 2.53. The molecule has 0 spiro atoms. The largest absolute Gasteiger partial charge is 0.324 e. The molecule has 2 unspecified atom stereocenters. The Morgan fingerprint density at radius 3 is 2.77 bits per heavy atom. The second kappa shape index (κ2) is 4.42. The van der Waals surface area contributed by atoms with Gasteiger partial charge in [0, 0.05) is 24.8 Å². The van der Waals surface area contributed by atoms with E-state index in [-0.39, 0.29) is 6.04 Å². The summed E-state index contributed by atoms with van der Waals surface area (Å²) in [5.74, 6) is 0.690. The highest BCUT2D eigenvalue weighted by molar-refractivity contribution is 5.09. The van der Waals surface area contributed by atoms with E-state index >= 15 is 0 Å². The first-order valence-corrected chi connectivity index (χ1v) is 4.87. The van der Waals surface area contributed by atoms with Crippen LogP contribution in [0, 0.1) is 5.92 Å². The zero-order chi connectivity index (χ0) is 9.84. The van der Waals surface area contributed by atoms with Gasteiger partial charge in [-0.1, -0.05) is 20.3 Å². The van der Waals surface area contributed by atoms with Gasteiger partial charge in [0.25, 0.3) is 0 Å². The van der Waals surface area contributed by atoms with Gasteiger partial charge in [-0.05, 0) is 12.3 Å². The molecule has 0 aliphatic carbocycles. The highest BCUT2D eigenvalue weighted by Gasteiger charge is 2.10. The molecule has 3 heteroatoms. The Morgan fingerprint density at radius 2 is 2.31 bits per heavy atom. The number of nitrogens with two attached hydrogens (primary N) is 1. The van der Waals surface area contributed by atoms with Gasteiger partial charge in [-0.2, -0.15) is 5.10 Å². The van der Waals surface area contributed by atoms with Crippen LogP contribution >= 0.6 is 0 Å². The third-order valence-electron chi connectivity index (χ3n) is 2.51. The topological polar surface area (TPSA) is 43.8 Å². The maximum atomic E-state index is 6.03. The molecule has 0 fully saturated rings. The molecule has 0 amide bonds. The zero-order valence-electron chi connectivity index (χ0n) is 8.70. The van der Waals surface area contributed by atoms with E-state index in [4.69, 9.17) is 5.73 Å². The highest BCUT2D eigenvalue weighted by atomic mass is 15.2. The summed E-state index contributed by atoms with van der Waals surface area (Å²) < 4.78 is 1.80. The quantitative estimate of drug-likeness (QED) is 0.770. The van der Waals surface area contributed by atoms with E-state index < -0.39 is 0 Å². The van der Waals surface area contributed by atoms with Crippen LogP contribution in [0.2, 0.25) is 0 Å². The summed E-state index contributed by atoms with van der Waals surface area (Å²) in [6.07, 6.45) is 6.08. The minimum Gasteiger partial charge on any atom is -0.324 e. The number of nitrogens with zero attached hydrogens (tertiary/aromatic N) is 2. The molecular weight excluding hydrogens is 162 g/mol. The van der Waals surface area contributed by atoms with Gasteiger partial charge in [-0.25, -0.2) is 0 Å². The minimum absolute atomic E-state index is 0.142. The summed E-state index contributed by atoms with van der Waals surface area (Å²) in [5, 5.41) is 4.11. The maximum Gasteiger partial charge on any atom is 0.0537 e. The third kappa shape index (κ3) is 2.84. The molecule has 1 heterocycles. The second-order valence-electron chi connectivity index (χ2n) is 3.80. The van der Waals surface area contributed by atoms with Gasteiger partial charge >= 0.3 is 0 Å². The van der Waals surface area contributed by atoms with Crippen LogP contribution in [0.5, 0.6) is 0 Å². The monoisotopic (exact) mass is 181 g/mol. The van der Waals surface area contributed by atoms with Gasteiger partial charge in [-0.3, -0.25) is 4.68 Å². The lowest BCUT2D eigenvalue weighted by Gasteiger charge is -2.13. The Labute approximate surface area is 79.9 Å². The summed E-state index contributed by atoms with van der Waals surface area (Å²) >= 11 is 0. The average Bonchev–Trinajstić information content (AvgIpc) is 2.51. The van der Waals surface area contributed by atoms with E-state index in [0.717, 1.165) is 12.0 Å². The first-order chi connectivity index (χ1) is 6.13. The fourth-order valence-corrected chi connectivity index (χ4v) is 1.37. The van der Waals surface area contributed by atoms with Crippen LogP contribution in [0.1, 0.15) is 38.3 Å². The van der Waals surface area contributed by atoms with Crippen molar-refractivity contribution >= 4 is 0 Å². The summed E-state index contributed by atoms with van der Waals surface area (Å²) in [7, 11) is 1.92. The standard InChI is InChI=1S/C10H19N3/c1-4-8(2)5-10(11)9-6-12-13(3)7-9/h6-8,10H,4-5,11H2,1-3H3. The number of aromatic nitrogens is 2. The second-order valence-corrected chi connectivity index (χ2v) is 3.80. The average molecular weight is 181 g/mol. The van der Waals surface area contributed by atoms with Crippen LogP contribution in [0.3, 0.4) is 0 Å². The number of hydrogen-bond donors (Lipinski definition) is 1. The van der Waals surface area contributed by atoms with Gasteiger partial charge in [-0.15, -0.1) is 0 Å². The molecule has 0 saturated carbocycles. The summed E-state index contributed by atoms with van der Waals surface area (Å²) in [4.78, 5) is 0. The van der Waals surface area contributed by atoms with Crippen LogP contribution < -0.4 is 5.73 Å². The smallest absolute Gasteiger partial charge is 0.0537 e. The van der Waals surface area contributed by atoms with Crippen LogP contribution in [0.25, 0.3) is 0 Å². The SMILES string of the molecule is CCC(C)CC(N)c1cnn(C)c1. The summed E-state index contributed by atoms with van der Waals surface area (Å²) in [5.41, 5.74) is 7.17. The fourth-order valence-electron chi connectivity index (χ4n) is 1.37. The van der Waals surface area contributed by atoms with Crippen molar-refractivity contribution in [3.05, 3.63) is 18.0 Å². The van der Waals surface area contributed by atoms with E-state index in [1.54, 1.807) is 4.68 Å². The Bertz CT molecular complexity index is 254. The Hall–Kier alpha value is -0.830. The molecule has 13 heavy (non-hydrogen) atoms. The van der Waals surface area contributed by atoms with Crippen molar-refractivity contribution in [1.29, 1.82) is 0 Å². The van der Waals surface area contributed by atoms with E-state index in [9.17, 15) is 0 Å². The summed E-state index contributed by atoms with van der Waals surface area (Å²) in [6, 6.07) is 0.142. The van der Waals surface area contributed by atoms with E-state index in [1.807, 2.05) is 19.4 Å². The number of rotatable bonds is 4. The highest BCUT2D eigenvalue weighted by Crippen LogP contribution is 2.19. The van der Waals surface area contributed by atoms with Crippen LogP contribution in [0.15, 0.2) is 12.4 Å². The fraction of sp³-hybridized carbons (Fsp3) is 0.700. The zero-order valence-corrected chi connectivity index (χ0v) is 8.70. The predicted molar refractivity (Wildman–Crippen MR) is 54.2 cm³/mol. The Morgan fingerprint density at radius 1 is 1.62 bits per heavy atom. The molecule has 2 N–H and O–H groups in total. The van der Waals surface area contributed by atoms with Gasteiger partial charge in [0.2, 0.25) is 0 Å². The molecule has 0 radical (unpaired) electrons. The Kier molecular flexibility index (Phi) is 3.48. The molecule has 1 aromatic rings. The van der Waals surface area contributed by atoms with Gasteiger partial charge in [0.05, 0.1) is 6.20 Å². The van der Waals surface area contributed by atoms with Crippen LogP contribution in [0.4, 0.5) is 0 Å². The van der Waals surface area contributed by atoms with Crippen molar-refractivity contribution in [2.75, 3.05) is 0 Å². The third-order valence-corrected chi connectivity index (χ3v) is 2.51. The molecule has 74 valence electrons. The molecule has 2 atom stereocenters. The molecule has 0 aromatic carbocycles. The molecular formula is C10H19N3. The van der Waals surface area contributed by atoms with Crippen molar-refractivity contribution in [3.63, 3.8) is 0 Å². The number of hydrogen-bond acceptors (Lipinski definition) is 2. The van der Waals surface area contributed by atoms with Crippen molar-refractivity contribution in [1.82, 2.24) is 9.78 Å². The number of aryl methyl sites for hydroxylation is 1. The van der Waals surface area contributed by atoms with Gasteiger partial charge < -0.3 is 5.73 Å². The van der Waals surface area contributed by atoms with Gasteiger partial charge in [0.15, 0.2) is 0 Å². The van der Waals surface area contributed by atoms with Crippen LogP contribution in [-0.4, -0.2) is 9.78 Å². The molecule has 0 saturated heterocycles. The molecule has 3 nitrogen and oxygen atoms in total. The summed E-state index contributed by atoms with van der Waals surface area (Å²) in [6.45, 7) is 4.43. The van der Waals surface area contributed by atoms with Crippen molar-refractivity contribution in [3.8, 4) is 0 Å². The molecule has 0 bridgehead atoms. The molecule has 1 aromatic heterocycles. The van der Waals surface area contributed by atoms with Gasteiger partial charge in [0.1, 0.15) is 0 Å². The lowest BCUT2D eigenvalue weighted by Crippen LogP contribution is -2.13. The van der Waals surface area contributed by atoms with Crippen molar-refractivity contribution in [2.45, 2.75) is 32.7 Å². The lowest BCUT2D eigenvalue weighted by molar-refractivity contribution is 0.461. The van der Waals surface area contributed by atoms with Crippen molar-refractivity contribution in [2.24, 2.45) is 18.7 Å². The predicted octanol–water partition coefficient (Wildman–Crippen LogP) is 1.86. The van der Waals surface area contributed by atoms with E-state index in [1.165, 1.54) is 6.42 Å². The first kappa shape index (κ1) is 10.3. The first-order valence-electron chi connectivity index (χ1n) is 4.87. The maximum absolute atomic E-state index is 6.03. The molecule has 0 aliphatic rings. The van der Waals surface area contributed by atoms with Crippen LogP contribution in [-0.2, 0) is 7.05 Å². The minimum atomic E-state index is 0.142. The van der Waals surface area contributed by atoms with E-state index in [0.29, 0.717) is 5.92 Å².